The smallest absolute Gasteiger partial charge is 0.0594 e. The number of aliphatic hydroxyl groups excluding tert-OH is 1. The van der Waals surface area contributed by atoms with E-state index in [1.165, 1.54) is 6.42 Å². The van der Waals surface area contributed by atoms with Crippen LogP contribution in [0.2, 0.25) is 0 Å². The van der Waals surface area contributed by atoms with Gasteiger partial charge in [-0.3, -0.25) is 7.05 Å². The number of likely N-dealkylation sites (tertiary alicyclic amines) is 1. The number of nitrogens with zero attached hydrogens (tertiary/aromatic N) is 1. The molecule has 2 aliphatic rings. The maximum Gasteiger partial charge on any atom is 0.0594 e. The molecule has 52 valence electrons. The van der Waals surface area contributed by atoms with Crippen molar-refractivity contribution in [2.75, 3.05) is 6.54 Å². The third-order valence-electron chi connectivity index (χ3n) is 2.62. The number of fused-ring (bicyclic) bond motifs is 2. The predicted molar refractivity (Wildman–Crippen MR) is 34.6 cm³/mol. The van der Waals surface area contributed by atoms with Crippen LogP contribution in [0.5, 0.6) is 0 Å². The zero-order valence-corrected chi connectivity index (χ0v) is 5.45. The summed E-state index contributed by atoms with van der Waals surface area (Å²) < 4.78 is 0. The first-order valence-corrected chi connectivity index (χ1v) is 3.52. The van der Waals surface area contributed by atoms with Crippen molar-refractivity contribution in [2.45, 2.75) is 25.0 Å². The Morgan fingerprint density at radius 3 is 2.56 bits per heavy atom. The van der Waals surface area contributed by atoms with Gasteiger partial charge in [0.25, 0.3) is 0 Å². The molecule has 2 nitrogen and oxygen atoms in total. The molecule has 1 heterocycles. The molecule has 0 aromatic carbocycles. The predicted octanol–water partition coefficient (Wildman–Crippen LogP) is 0.233. The average Bonchev–Trinajstić information content (AvgIpc) is 2.24. The lowest BCUT2D eigenvalue weighted by Crippen LogP contribution is -2.32. The Morgan fingerprint density at radius 1 is 1.44 bits per heavy atom. The van der Waals surface area contributed by atoms with Crippen LogP contribution in [0.4, 0.5) is 0 Å². The van der Waals surface area contributed by atoms with Crippen molar-refractivity contribution >= 4 is 0 Å². The highest BCUT2D eigenvalue weighted by Gasteiger charge is 2.38. The summed E-state index contributed by atoms with van der Waals surface area (Å²) in [5, 5.41) is 9.28. The fourth-order valence-electron chi connectivity index (χ4n) is 2.02. The lowest BCUT2D eigenvalue weighted by atomic mass is 10.1. The number of aliphatic hydroxyl groups is 1. The third-order valence-corrected chi connectivity index (χ3v) is 2.62. The lowest BCUT2D eigenvalue weighted by molar-refractivity contribution is 0.0906. The van der Waals surface area contributed by atoms with E-state index in [1.54, 1.807) is 0 Å². The second kappa shape index (κ2) is 1.70. The summed E-state index contributed by atoms with van der Waals surface area (Å²) in [5.74, 6) is 0.535. The molecule has 3 atom stereocenters. The van der Waals surface area contributed by atoms with Gasteiger partial charge in [0.2, 0.25) is 0 Å². The molecule has 2 bridgehead atoms. The topological polar surface area (TPSA) is 23.5 Å². The van der Waals surface area contributed by atoms with Gasteiger partial charge in [-0.1, -0.05) is 0 Å². The minimum atomic E-state index is -0.0204. The molecule has 2 unspecified atom stereocenters. The molecule has 0 radical (unpaired) electrons. The molecule has 1 N–H and O–H groups in total. The zero-order chi connectivity index (χ0) is 6.43. The molecule has 0 aromatic rings. The van der Waals surface area contributed by atoms with Gasteiger partial charge in [-0.05, 0) is 31.3 Å². The van der Waals surface area contributed by atoms with Gasteiger partial charge in [-0.2, -0.15) is 0 Å². The molecule has 9 heavy (non-hydrogen) atoms. The number of piperidine rings is 1. The Balaban J connectivity index is 2.10. The first kappa shape index (κ1) is 5.69. The first-order valence-electron chi connectivity index (χ1n) is 3.52. The number of rotatable bonds is 0. The molecule has 2 heteroatoms. The molecule has 1 saturated heterocycles. The zero-order valence-electron chi connectivity index (χ0n) is 5.45. The second-order valence-corrected chi connectivity index (χ2v) is 3.22. The van der Waals surface area contributed by atoms with E-state index in [2.05, 4.69) is 11.9 Å². The van der Waals surface area contributed by atoms with Gasteiger partial charge in [0, 0.05) is 0 Å². The van der Waals surface area contributed by atoms with Crippen molar-refractivity contribution in [1.29, 1.82) is 0 Å². The van der Waals surface area contributed by atoms with Crippen LogP contribution in [-0.2, 0) is 0 Å². The van der Waals surface area contributed by atoms with E-state index in [-0.39, 0.29) is 6.10 Å². The molecule has 2 fully saturated rings. The molecule has 1 aliphatic heterocycles. The first-order chi connectivity index (χ1) is 4.27. The van der Waals surface area contributed by atoms with E-state index in [4.69, 9.17) is 0 Å². The summed E-state index contributed by atoms with van der Waals surface area (Å²) in [7, 11) is 3.88. The van der Waals surface area contributed by atoms with Gasteiger partial charge in [-0.15, -0.1) is 0 Å². The van der Waals surface area contributed by atoms with Crippen LogP contribution >= 0.6 is 0 Å². The fraction of sp³-hybridized carbons (Fsp3) is 0.857. The van der Waals surface area contributed by atoms with E-state index < -0.39 is 0 Å². The molecule has 0 aromatic heterocycles. The second-order valence-electron chi connectivity index (χ2n) is 3.22. The van der Waals surface area contributed by atoms with E-state index in [0.29, 0.717) is 12.0 Å². The van der Waals surface area contributed by atoms with Gasteiger partial charge in [-0.25, -0.2) is 0 Å². The minimum absolute atomic E-state index is 0.0204. The normalized spacial score (nSPS) is 50.7. The Kier molecular flexibility index (Phi) is 1.08. The average molecular weight is 126 g/mol. The van der Waals surface area contributed by atoms with Crippen LogP contribution < -0.4 is 0 Å². The van der Waals surface area contributed by atoms with Crippen molar-refractivity contribution in [3.8, 4) is 0 Å². The largest absolute Gasteiger partial charge is 0.456 e. The van der Waals surface area contributed by atoms with Crippen molar-refractivity contribution in [3.05, 3.63) is 7.05 Å². The molecular weight excluding hydrogens is 114 g/mol. The van der Waals surface area contributed by atoms with Gasteiger partial charge in [0.1, 0.15) is 0 Å². The molecule has 2 rings (SSSR count). The van der Waals surface area contributed by atoms with E-state index in [0.717, 1.165) is 13.0 Å². The SMILES string of the molecule is [CH2-]N1CC2CC1C[C@@H]2O. The van der Waals surface area contributed by atoms with E-state index >= 15 is 0 Å². The Hall–Kier alpha value is -0.0800. The maximum absolute atomic E-state index is 9.28. The minimum Gasteiger partial charge on any atom is -0.456 e. The number of hydrogen-bond acceptors (Lipinski definition) is 2. The van der Waals surface area contributed by atoms with Crippen LogP contribution in [0.25, 0.3) is 0 Å². The van der Waals surface area contributed by atoms with Crippen LogP contribution in [0.3, 0.4) is 0 Å². The van der Waals surface area contributed by atoms with Crippen molar-refractivity contribution in [2.24, 2.45) is 5.92 Å². The van der Waals surface area contributed by atoms with E-state index in [9.17, 15) is 5.11 Å². The lowest BCUT2D eigenvalue weighted by Gasteiger charge is -2.31. The molecular formula is C7H12NO-. The molecule has 0 spiro atoms. The van der Waals surface area contributed by atoms with Crippen LogP contribution in [0.1, 0.15) is 12.8 Å². The van der Waals surface area contributed by atoms with Crippen molar-refractivity contribution < 1.29 is 5.11 Å². The summed E-state index contributed by atoms with van der Waals surface area (Å²) >= 11 is 0. The molecule has 1 saturated carbocycles. The Labute approximate surface area is 55.5 Å². The van der Waals surface area contributed by atoms with Crippen molar-refractivity contribution in [1.82, 2.24) is 4.90 Å². The summed E-state index contributed by atoms with van der Waals surface area (Å²) in [5.41, 5.74) is 0. The van der Waals surface area contributed by atoms with Gasteiger partial charge in [0.05, 0.1) is 6.10 Å². The quantitative estimate of drug-likeness (QED) is 0.470. The van der Waals surface area contributed by atoms with Gasteiger partial charge < -0.3 is 10.0 Å². The Bertz CT molecular complexity index is 108. The van der Waals surface area contributed by atoms with Crippen LogP contribution in [-0.4, -0.2) is 28.7 Å². The van der Waals surface area contributed by atoms with Gasteiger partial charge in [0.15, 0.2) is 0 Å². The highest BCUT2D eigenvalue weighted by atomic mass is 16.3. The standard InChI is InChI=1S/C7H12NO/c1-8-4-5-2-6(8)3-7(5)9/h5-7,9H,1-4H2/q-1/t5?,6?,7-/m0/s1. The Morgan fingerprint density at radius 2 is 2.22 bits per heavy atom. The van der Waals surface area contributed by atoms with Crippen molar-refractivity contribution in [3.63, 3.8) is 0 Å². The van der Waals surface area contributed by atoms with Crippen LogP contribution in [0.15, 0.2) is 0 Å². The monoisotopic (exact) mass is 126 g/mol. The van der Waals surface area contributed by atoms with Gasteiger partial charge >= 0.3 is 0 Å². The van der Waals surface area contributed by atoms with E-state index in [1.807, 2.05) is 0 Å². The van der Waals surface area contributed by atoms with Crippen LogP contribution in [0, 0.1) is 13.0 Å². The fourth-order valence-corrected chi connectivity index (χ4v) is 2.02. The molecule has 0 amide bonds. The summed E-state index contributed by atoms with van der Waals surface area (Å²) in [6.45, 7) is 1.01. The molecule has 1 aliphatic carbocycles. The summed E-state index contributed by atoms with van der Waals surface area (Å²) in [6, 6.07) is 0.588. The summed E-state index contributed by atoms with van der Waals surface area (Å²) in [4.78, 5) is 2.11. The summed E-state index contributed by atoms with van der Waals surface area (Å²) in [6.07, 6.45) is 2.10. The highest BCUT2D eigenvalue weighted by Crippen LogP contribution is 2.36. The third kappa shape index (κ3) is 0.700. The highest BCUT2D eigenvalue weighted by molar-refractivity contribution is 4.96. The maximum atomic E-state index is 9.28. The number of hydrogen-bond donors (Lipinski definition) is 1.